The molecule has 0 spiro atoms. The molecule has 1 heteroatoms. The van der Waals surface area contributed by atoms with Gasteiger partial charge in [0.1, 0.15) is 0 Å². The van der Waals surface area contributed by atoms with Crippen molar-refractivity contribution in [2.45, 2.75) is 20.8 Å². The van der Waals surface area contributed by atoms with Gasteiger partial charge in [0.05, 0.1) is 0 Å². The molecule has 0 aromatic carbocycles. The fourth-order valence-corrected chi connectivity index (χ4v) is 1.54. The van der Waals surface area contributed by atoms with Crippen molar-refractivity contribution in [3.05, 3.63) is 41.2 Å². The van der Waals surface area contributed by atoms with Crippen molar-refractivity contribution in [2.75, 3.05) is 0 Å². The third-order valence-corrected chi connectivity index (χ3v) is 2.74. The predicted molar refractivity (Wildman–Crippen MR) is 58.9 cm³/mol. The van der Waals surface area contributed by atoms with Gasteiger partial charge in [-0.3, -0.25) is 0 Å². The number of hydrogen-bond acceptors (Lipinski definition) is 0. The van der Waals surface area contributed by atoms with Crippen molar-refractivity contribution in [1.82, 2.24) is 4.57 Å². The summed E-state index contributed by atoms with van der Waals surface area (Å²) in [7, 11) is 2.10. The molecule has 0 radical (unpaired) electrons. The SMILES string of the molecule is C=C/C=C\c1c(C)c(C)c(C)n1C. The minimum Gasteiger partial charge on any atom is -0.348 e. The lowest BCUT2D eigenvalue weighted by atomic mass is 10.1. The Balaban J connectivity index is 3.28. The first-order valence-corrected chi connectivity index (χ1v) is 4.51. The molecule has 0 saturated heterocycles. The summed E-state index contributed by atoms with van der Waals surface area (Å²) in [6, 6.07) is 0. The van der Waals surface area contributed by atoms with Crippen molar-refractivity contribution in [3.63, 3.8) is 0 Å². The van der Waals surface area contributed by atoms with Crippen molar-refractivity contribution >= 4 is 6.08 Å². The van der Waals surface area contributed by atoms with E-state index in [0.717, 1.165) is 0 Å². The van der Waals surface area contributed by atoms with Gasteiger partial charge < -0.3 is 4.57 Å². The van der Waals surface area contributed by atoms with E-state index >= 15 is 0 Å². The van der Waals surface area contributed by atoms with Crippen LogP contribution in [-0.4, -0.2) is 4.57 Å². The summed E-state index contributed by atoms with van der Waals surface area (Å²) < 4.78 is 2.21. The van der Waals surface area contributed by atoms with E-state index < -0.39 is 0 Å². The van der Waals surface area contributed by atoms with Gasteiger partial charge in [0.2, 0.25) is 0 Å². The van der Waals surface area contributed by atoms with Crippen LogP contribution in [0, 0.1) is 20.8 Å². The van der Waals surface area contributed by atoms with Gasteiger partial charge in [-0.25, -0.2) is 0 Å². The molecule has 1 aromatic heterocycles. The van der Waals surface area contributed by atoms with Gasteiger partial charge >= 0.3 is 0 Å². The molecule has 70 valence electrons. The summed E-state index contributed by atoms with van der Waals surface area (Å²) in [4.78, 5) is 0. The Bertz CT molecular complexity index is 328. The zero-order valence-corrected chi connectivity index (χ0v) is 8.89. The van der Waals surface area contributed by atoms with Crippen LogP contribution in [-0.2, 0) is 7.05 Å². The number of allylic oxidation sites excluding steroid dienone is 2. The second-order valence-electron chi connectivity index (χ2n) is 3.37. The minimum atomic E-state index is 1.27. The summed E-state index contributed by atoms with van der Waals surface area (Å²) in [5.41, 5.74) is 5.35. The molecule has 0 bridgehead atoms. The fourth-order valence-electron chi connectivity index (χ4n) is 1.54. The Morgan fingerprint density at radius 2 is 1.77 bits per heavy atom. The second kappa shape index (κ2) is 3.65. The van der Waals surface area contributed by atoms with Crippen LogP contribution in [0.5, 0.6) is 0 Å². The van der Waals surface area contributed by atoms with Gasteiger partial charge in [0, 0.05) is 18.4 Å². The van der Waals surface area contributed by atoms with Gasteiger partial charge in [-0.1, -0.05) is 18.7 Å². The second-order valence-corrected chi connectivity index (χ2v) is 3.37. The summed E-state index contributed by atoms with van der Waals surface area (Å²) in [5, 5.41) is 0. The summed E-state index contributed by atoms with van der Waals surface area (Å²) in [6.07, 6.45) is 5.88. The lowest BCUT2D eigenvalue weighted by Crippen LogP contribution is -1.93. The molecular weight excluding hydrogens is 158 g/mol. The molecule has 1 nitrogen and oxygen atoms in total. The molecule has 0 N–H and O–H groups in total. The highest BCUT2D eigenvalue weighted by Crippen LogP contribution is 2.20. The Labute approximate surface area is 80.4 Å². The lowest BCUT2D eigenvalue weighted by Gasteiger charge is -2.00. The van der Waals surface area contributed by atoms with E-state index in [1.807, 2.05) is 6.08 Å². The number of aromatic nitrogens is 1. The molecule has 1 rings (SSSR count). The van der Waals surface area contributed by atoms with E-state index in [1.165, 1.54) is 22.5 Å². The van der Waals surface area contributed by atoms with E-state index in [4.69, 9.17) is 0 Å². The summed E-state index contributed by atoms with van der Waals surface area (Å²) in [6.45, 7) is 10.1. The molecule has 13 heavy (non-hydrogen) atoms. The zero-order chi connectivity index (χ0) is 10.0. The van der Waals surface area contributed by atoms with Crippen LogP contribution in [0.15, 0.2) is 18.7 Å². The van der Waals surface area contributed by atoms with Crippen LogP contribution in [0.3, 0.4) is 0 Å². The third kappa shape index (κ3) is 1.59. The Morgan fingerprint density at radius 3 is 2.15 bits per heavy atom. The van der Waals surface area contributed by atoms with Gasteiger partial charge in [0.25, 0.3) is 0 Å². The first-order chi connectivity index (χ1) is 6.09. The molecule has 0 unspecified atom stereocenters. The standard InChI is InChI=1S/C12H17N/c1-6-7-8-12-10(3)9(2)11(4)13(12)5/h6-8H,1H2,2-5H3/b8-7-. The quantitative estimate of drug-likeness (QED) is 0.608. The van der Waals surface area contributed by atoms with Crippen molar-refractivity contribution < 1.29 is 0 Å². The van der Waals surface area contributed by atoms with E-state index in [-0.39, 0.29) is 0 Å². The number of rotatable bonds is 2. The maximum absolute atomic E-state index is 3.67. The van der Waals surface area contributed by atoms with Crippen LogP contribution < -0.4 is 0 Å². The minimum absolute atomic E-state index is 1.27. The number of nitrogens with zero attached hydrogens (tertiary/aromatic N) is 1. The van der Waals surface area contributed by atoms with E-state index in [1.54, 1.807) is 6.08 Å². The smallest absolute Gasteiger partial charge is 0.0438 e. The molecule has 1 heterocycles. The van der Waals surface area contributed by atoms with E-state index in [2.05, 4.69) is 45.0 Å². The average Bonchev–Trinajstić information content (AvgIpc) is 2.30. The van der Waals surface area contributed by atoms with Gasteiger partial charge in [0.15, 0.2) is 0 Å². The third-order valence-electron chi connectivity index (χ3n) is 2.74. The van der Waals surface area contributed by atoms with Gasteiger partial charge in [-0.05, 0) is 38.0 Å². The molecule has 0 atom stereocenters. The van der Waals surface area contributed by atoms with Crippen LogP contribution >= 0.6 is 0 Å². The van der Waals surface area contributed by atoms with Crippen LogP contribution in [0.25, 0.3) is 6.08 Å². The number of hydrogen-bond donors (Lipinski definition) is 0. The van der Waals surface area contributed by atoms with Gasteiger partial charge in [-0.15, -0.1) is 0 Å². The maximum Gasteiger partial charge on any atom is 0.0438 e. The molecule has 0 fully saturated rings. The molecule has 1 aromatic rings. The van der Waals surface area contributed by atoms with Crippen LogP contribution in [0.2, 0.25) is 0 Å². The zero-order valence-electron chi connectivity index (χ0n) is 8.89. The Hall–Kier alpha value is -1.24. The topological polar surface area (TPSA) is 4.93 Å². The monoisotopic (exact) mass is 175 g/mol. The maximum atomic E-state index is 3.67. The van der Waals surface area contributed by atoms with E-state index in [0.29, 0.717) is 0 Å². The fraction of sp³-hybridized carbons (Fsp3) is 0.333. The highest BCUT2D eigenvalue weighted by atomic mass is 15.0. The Morgan fingerprint density at radius 1 is 1.15 bits per heavy atom. The lowest BCUT2D eigenvalue weighted by molar-refractivity contribution is 0.865. The van der Waals surface area contributed by atoms with Crippen molar-refractivity contribution in [2.24, 2.45) is 7.05 Å². The normalized spacial score (nSPS) is 11.1. The Kier molecular flexibility index (Phi) is 2.76. The molecule has 0 amide bonds. The van der Waals surface area contributed by atoms with Crippen molar-refractivity contribution in [3.8, 4) is 0 Å². The highest BCUT2D eigenvalue weighted by molar-refractivity contribution is 5.55. The van der Waals surface area contributed by atoms with Crippen LogP contribution in [0.4, 0.5) is 0 Å². The largest absolute Gasteiger partial charge is 0.348 e. The molecular formula is C12H17N. The highest BCUT2D eigenvalue weighted by Gasteiger charge is 2.08. The first kappa shape index (κ1) is 9.85. The van der Waals surface area contributed by atoms with E-state index in [9.17, 15) is 0 Å². The summed E-state index contributed by atoms with van der Waals surface area (Å²) in [5.74, 6) is 0. The molecule has 0 saturated carbocycles. The first-order valence-electron chi connectivity index (χ1n) is 4.51. The van der Waals surface area contributed by atoms with Gasteiger partial charge in [-0.2, -0.15) is 0 Å². The van der Waals surface area contributed by atoms with Crippen LogP contribution in [0.1, 0.15) is 22.5 Å². The average molecular weight is 175 g/mol. The molecule has 0 aliphatic heterocycles. The van der Waals surface area contributed by atoms with Crippen molar-refractivity contribution in [1.29, 1.82) is 0 Å². The predicted octanol–water partition coefficient (Wildman–Crippen LogP) is 3.15. The molecule has 0 aliphatic rings. The molecule has 0 aliphatic carbocycles. The summed E-state index contributed by atoms with van der Waals surface area (Å²) >= 11 is 0.